The summed E-state index contributed by atoms with van der Waals surface area (Å²) < 4.78 is 55.0. The van der Waals surface area contributed by atoms with E-state index in [4.69, 9.17) is 9.47 Å². The Morgan fingerprint density at radius 2 is 1.31 bits per heavy atom. The first-order valence-corrected chi connectivity index (χ1v) is 16.4. The van der Waals surface area contributed by atoms with Crippen LogP contribution in [-0.2, 0) is 17.2 Å². The van der Waals surface area contributed by atoms with Crippen molar-refractivity contribution in [2.75, 3.05) is 7.11 Å². The van der Waals surface area contributed by atoms with Crippen LogP contribution in [0.4, 0.5) is 13.2 Å². The van der Waals surface area contributed by atoms with Crippen LogP contribution >= 0.6 is 0 Å². The Hall–Kier alpha value is -5.55. The topological polar surface area (TPSA) is 18.5 Å². The van der Waals surface area contributed by atoms with Gasteiger partial charge in [0.1, 0.15) is 11.5 Å². The minimum Gasteiger partial charge on any atom is -0.497 e. The van der Waals surface area contributed by atoms with Crippen molar-refractivity contribution in [3.8, 4) is 22.6 Å². The van der Waals surface area contributed by atoms with E-state index in [1.54, 1.807) is 13.2 Å². The third kappa shape index (κ3) is 4.14. The molecule has 7 aromatic rings. The molecule has 0 fully saturated rings. The summed E-state index contributed by atoms with van der Waals surface area (Å²) in [6.07, 6.45) is -0.176. The van der Waals surface area contributed by atoms with Crippen LogP contribution in [0.1, 0.15) is 47.2 Å². The lowest BCUT2D eigenvalue weighted by atomic mass is 9.76. The van der Waals surface area contributed by atoms with E-state index in [1.807, 2.05) is 50.2 Å². The van der Waals surface area contributed by atoms with Crippen LogP contribution in [0.2, 0.25) is 0 Å². The summed E-state index contributed by atoms with van der Waals surface area (Å²) in [5.74, 6) is 1.45. The second kappa shape index (κ2) is 10.2. The molecule has 0 aromatic heterocycles. The number of fused-ring (bicyclic) bond motifs is 11. The van der Waals surface area contributed by atoms with Gasteiger partial charge in [-0.05, 0) is 85.6 Å². The summed E-state index contributed by atoms with van der Waals surface area (Å²) >= 11 is 0. The number of benzene rings is 7. The predicted octanol–water partition coefficient (Wildman–Crippen LogP) is 11.8. The summed E-state index contributed by atoms with van der Waals surface area (Å²) in [7, 11) is 1.65. The van der Waals surface area contributed by atoms with Gasteiger partial charge in [0.2, 0.25) is 0 Å². The van der Waals surface area contributed by atoms with Crippen molar-refractivity contribution in [3.05, 3.63) is 161 Å². The van der Waals surface area contributed by atoms with Gasteiger partial charge < -0.3 is 9.47 Å². The van der Waals surface area contributed by atoms with E-state index in [1.165, 1.54) is 12.1 Å². The highest BCUT2D eigenvalue weighted by molar-refractivity contribution is 6.11. The fourth-order valence-corrected chi connectivity index (χ4v) is 8.27. The molecule has 0 radical (unpaired) electrons. The zero-order valence-electron chi connectivity index (χ0n) is 27.2. The second-order valence-corrected chi connectivity index (χ2v) is 13.5. The fraction of sp³-hybridized carbons (Fsp3) is 0.136. The molecular formula is C44H31F3O2. The largest absolute Gasteiger partial charge is 0.497 e. The van der Waals surface area contributed by atoms with Crippen molar-refractivity contribution < 1.29 is 22.6 Å². The third-order valence-corrected chi connectivity index (χ3v) is 10.6. The van der Waals surface area contributed by atoms with Crippen molar-refractivity contribution in [1.82, 2.24) is 0 Å². The lowest BCUT2D eigenvalue weighted by Gasteiger charge is -2.39. The van der Waals surface area contributed by atoms with Crippen LogP contribution in [0, 0.1) is 0 Å². The molecule has 0 saturated carbocycles. The molecule has 2 nitrogen and oxygen atoms in total. The summed E-state index contributed by atoms with van der Waals surface area (Å²) in [5, 5.41) is 6.32. The summed E-state index contributed by atoms with van der Waals surface area (Å²) in [6, 6.07) is 39.3. The van der Waals surface area contributed by atoms with Crippen molar-refractivity contribution in [2.45, 2.75) is 31.0 Å². The number of halogens is 3. The number of methoxy groups -OCH3 is 1. The first-order chi connectivity index (χ1) is 23.6. The van der Waals surface area contributed by atoms with Gasteiger partial charge in [-0.25, -0.2) is 0 Å². The number of hydrogen-bond donors (Lipinski definition) is 0. The Bertz CT molecular complexity index is 2520. The molecule has 1 aliphatic carbocycles. The molecule has 1 aliphatic heterocycles. The molecule has 0 saturated heterocycles. The minimum atomic E-state index is -4.44. The highest BCUT2D eigenvalue weighted by atomic mass is 19.4. The van der Waals surface area contributed by atoms with Crippen LogP contribution in [-0.4, -0.2) is 7.11 Å². The molecule has 5 heteroatoms. The summed E-state index contributed by atoms with van der Waals surface area (Å²) in [4.78, 5) is 0. The average molecular weight is 649 g/mol. The van der Waals surface area contributed by atoms with Crippen molar-refractivity contribution in [1.29, 1.82) is 0 Å². The molecule has 2 aliphatic rings. The standard InChI is InChI=1S/C44H31F3O2/c1-42(2)37-25-28(44(45,46)47)18-21-35(37)39-33-14-8-9-15-34(33)41-36(40(39)42)22-23-43(49-41,27-16-19-29(48-3)20-17-27)38-24-26-10-4-5-11-30(26)31-12-6-7-13-32(31)38/h4-25H,1-3H3. The molecule has 0 bridgehead atoms. The highest BCUT2D eigenvalue weighted by Crippen LogP contribution is 2.59. The molecule has 1 heterocycles. The van der Waals surface area contributed by atoms with Crippen molar-refractivity contribution in [2.24, 2.45) is 0 Å². The zero-order valence-corrected chi connectivity index (χ0v) is 27.2. The first-order valence-electron chi connectivity index (χ1n) is 16.4. The van der Waals surface area contributed by atoms with Crippen molar-refractivity contribution >= 4 is 38.4 Å². The number of hydrogen-bond acceptors (Lipinski definition) is 2. The van der Waals surface area contributed by atoms with Crippen LogP contribution < -0.4 is 9.47 Å². The molecule has 1 atom stereocenters. The molecule has 49 heavy (non-hydrogen) atoms. The van der Waals surface area contributed by atoms with Gasteiger partial charge in [-0.1, -0.05) is 111 Å². The monoisotopic (exact) mass is 648 g/mol. The lowest BCUT2D eigenvalue weighted by Crippen LogP contribution is -2.35. The maximum absolute atomic E-state index is 14.0. The maximum Gasteiger partial charge on any atom is 0.416 e. The number of ether oxygens (including phenoxy) is 2. The van der Waals surface area contributed by atoms with E-state index in [-0.39, 0.29) is 0 Å². The normalized spacial score (nSPS) is 17.5. The smallest absolute Gasteiger partial charge is 0.416 e. The first kappa shape index (κ1) is 29.6. The van der Waals surface area contributed by atoms with Crippen LogP contribution in [0.5, 0.6) is 11.5 Å². The minimum absolute atomic E-state index is 0.640. The van der Waals surface area contributed by atoms with E-state index in [9.17, 15) is 13.2 Å². The zero-order chi connectivity index (χ0) is 33.7. The van der Waals surface area contributed by atoms with Gasteiger partial charge in [0.05, 0.1) is 12.7 Å². The number of rotatable bonds is 3. The SMILES string of the molecule is COc1ccc(C2(c3cc4ccccc4c4ccccc34)C=Cc3c4c(c5ccccc5c3O2)-c2ccc(C(F)(F)F)cc2C4(C)C)cc1. The van der Waals surface area contributed by atoms with E-state index >= 15 is 0 Å². The van der Waals surface area contributed by atoms with Crippen LogP contribution in [0.15, 0.2) is 127 Å². The number of alkyl halides is 3. The predicted molar refractivity (Wildman–Crippen MR) is 191 cm³/mol. The van der Waals surface area contributed by atoms with Crippen LogP contribution in [0.25, 0.3) is 49.5 Å². The van der Waals surface area contributed by atoms with E-state index in [0.29, 0.717) is 11.3 Å². The summed E-state index contributed by atoms with van der Waals surface area (Å²) in [6.45, 7) is 4.03. The van der Waals surface area contributed by atoms with Gasteiger partial charge >= 0.3 is 6.18 Å². The van der Waals surface area contributed by atoms with Gasteiger partial charge in [-0.15, -0.1) is 0 Å². The van der Waals surface area contributed by atoms with Gasteiger partial charge in [0.25, 0.3) is 0 Å². The van der Waals surface area contributed by atoms with Crippen LogP contribution in [0.3, 0.4) is 0 Å². The molecule has 1 unspecified atom stereocenters. The Morgan fingerprint density at radius 3 is 2.02 bits per heavy atom. The van der Waals surface area contributed by atoms with E-state index < -0.39 is 22.8 Å². The Kier molecular flexibility index (Phi) is 6.17. The summed E-state index contributed by atoms with van der Waals surface area (Å²) in [5.41, 5.74) is 3.83. The van der Waals surface area contributed by atoms with Gasteiger partial charge in [0.15, 0.2) is 5.60 Å². The molecule has 0 spiro atoms. The maximum atomic E-state index is 14.0. The van der Waals surface area contributed by atoms with Gasteiger partial charge in [-0.2, -0.15) is 13.2 Å². The van der Waals surface area contributed by atoms with E-state index in [2.05, 4.69) is 78.9 Å². The van der Waals surface area contributed by atoms with Gasteiger partial charge in [-0.3, -0.25) is 0 Å². The molecular weight excluding hydrogens is 617 g/mol. The van der Waals surface area contributed by atoms with Crippen molar-refractivity contribution in [3.63, 3.8) is 0 Å². The Labute approximate surface area is 282 Å². The molecule has 0 N–H and O–H groups in total. The quantitative estimate of drug-likeness (QED) is 0.178. The van der Waals surface area contributed by atoms with E-state index in [0.717, 1.165) is 71.4 Å². The highest BCUT2D eigenvalue weighted by Gasteiger charge is 2.46. The third-order valence-electron chi connectivity index (χ3n) is 10.6. The molecule has 0 amide bonds. The Morgan fingerprint density at radius 1 is 0.653 bits per heavy atom. The molecule has 240 valence electrons. The van der Waals surface area contributed by atoms with Gasteiger partial charge in [0, 0.05) is 27.5 Å². The Balaban J connectivity index is 1.37. The molecule has 7 aromatic carbocycles. The second-order valence-electron chi connectivity index (χ2n) is 13.5. The fourth-order valence-electron chi connectivity index (χ4n) is 8.27. The molecule has 9 rings (SSSR count). The lowest BCUT2D eigenvalue weighted by molar-refractivity contribution is -0.137. The average Bonchev–Trinajstić information content (AvgIpc) is 3.37.